The average Bonchev–Trinajstić information content (AvgIpc) is 2.91. The third-order valence-electron chi connectivity index (χ3n) is 3.20. The number of fused-ring (bicyclic) bond motifs is 1. The molecule has 4 nitrogen and oxygen atoms in total. The van der Waals surface area contributed by atoms with E-state index in [2.05, 4.69) is 5.10 Å². The molecule has 0 saturated carbocycles. The van der Waals surface area contributed by atoms with Gasteiger partial charge in [-0.3, -0.25) is 0 Å². The Morgan fingerprint density at radius 3 is 2.67 bits per heavy atom. The van der Waals surface area contributed by atoms with Crippen molar-refractivity contribution >= 4 is 5.97 Å². The van der Waals surface area contributed by atoms with Gasteiger partial charge in [-0.15, -0.1) is 0 Å². The van der Waals surface area contributed by atoms with Crippen molar-refractivity contribution in [3.8, 4) is 5.69 Å². The molecule has 2 aromatic rings. The summed E-state index contributed by atoms with van der Waals surface area (Å²) < 4.78 is 14.5. The highest BCUT2D eigenvalue weighted by Gasteiger charge is 2.26. The lowest BCUT2D eigenvalue weighted by atomic mass is 10.2. The largest absolute Gasteiger partial charge is 0.476 e. The molecule has 0 bridgehead atoms. The molecule has 1 aromatic carbocycles. The quantitative estimate of drug-likeness (QED) is 0.883. The molecule has 1 aromatic heterocycles. The van der Waals surface area contributed by atoms with Crippen molar-refractivity contribution in [1.29, 1.82) is 0 Å². The van der Waals surface area contributed by atoms with Gasteiger partial charge in [0.15, 0.2) is 5.69 Å². The van der Waals surface area contributed by atoms with Crippen LogP contribution in [0.4, 0.5) is 4.39 Å². The molecule has 1 aliphatic carbocycles. The highest BCUT2D eigenvalue weighted by Crippen LogP contribution is 2.27. The molecule has 1 heterocycles. The fourth-order valence-electron chi connectivity index (χ4n) is 2.41. The summed E-state index contributed by atoms with van der Waals surface area (Å²) >= 11 is 0. The molecule has 1 N–H and O–H groups in total. The molecule has 0 fully saturated rings. The normalized spacial score (nSPS) is 13.6. The van der Waals surface area contributed by atoms with Crippen LogP contribution >= 0.6 is 0 Å². The summed E-state index contributed by atoms with van der Waals surface area (Å²) in [6.07, 6.45) is 2.50. The van der Waals surface area contributed by atoms with Crippen LogP contribution in [0.15, 0.2) is 24.3 Å². The Labute approximate surface area is 103 Å². The lowest BCUT2D eigenvalue weighted by Crippen LogP contribution is -2.04. The molecular formula is C13H11FN2O2. The third kappa shape index (κ3) is 1.59. The van der Waals surface area contributed by atoms with Crippen LogP contribution in [0.3, 0.4) is 0 Å². The monoisotopic (exact) mass is 246 g/mol. The summed E-state index contributed by atoms with van der Waals surface area (Å²) in [5.41, 5.74) is 2.56. The van der Waals surface area contributed by atoms with Crippen LogP contribution in [0.5, 0.6) is 0 Å². The van der Waals surface area contributed by atoms with Crippen LogP contribution in [0.2, 0.25) is 0 Å². The van der Waals surface area contributed by atoms with Gasteiger partial charge in [-0.25, -0.2) is 13.9 Å². The lowest BCUT2D eigenvalue weighted by Gasteiger charge is -2.04. The van der Waals surface area contributed by atoms with E-state index in [-0.39, 0.29) is 11.5 Å². The zero-order valence-electron chi connectivity index (χ0n) is 9.56. The number of hydrogen-bond donors (Lipinski definition) is 1. The second-order valence-corrected chi connectivity index (χ2v) is 4.32. The molecule has 0 amide bonds. The molecule has 0 spiro atoms. The minimum Gasteiger partial charge on any atom is -0.476 e. The van der Waals surface area contributed by atoms with Gasteiger partial charge in [0.05, 0.1) is 5.69 Å². The Bertz CT molecular complexity index is 617. The SMILES string of the molecule is O=C(O)c1nn(-c2ccc(F)cc2)c2c1CCC2. The van der Waals surface area contributed by atoms with Crippen LogP contribution < -0.4 is 0 Å². The average molecular weight is 246 g/mol. The van der Waals surface area contributed by atoms with Crippen molar-refractivity contribution in [2.75, 3.05) is 0 Å². The minimum atomic E-state index is -1.01. The van der Waals surface area contributed by atoms with Gasteiger partial charge in [-0.05, 0) is 43.5 Å². The highest BCUT2D eigenvalue weighted by atomic mass is 19.1. The lowest BCUT2D eigenvalue weighted by molar-refractivity contribution is 0.0689. The standard InChI is InChI=1S/C13H11FN2O2/c14-8-4-6-9(7-5-8)16-11-3-1-2-10(11)12(15-16)13(17)18/h4-7H,1-3H2,(H,17,18). The molecule has 0 saturated heterocycles. The summed E-state index contributed by atoms with van der Waals surface area (Å²) in [6, 6.07) is 5.90. The number of carboxylic acids is 1. The van der Waals surface area contributed by atoms with Gasteiger partial charge in [0, 0.05) is 11.3 Å². The molecular weight excluding hydrogens is 235 g/mol. The zero-order valence-corrected chi connectivity index (χ0v) is 9.56. The first-order valence-electron chi connectivity index (χ1n) is 5.77. The van der Waals surface area contributed by atoms with E-state index in [0.717, 1.165) is 30.5 Å². The van der Waals surface area contributed by atoms with E-state index in [9.17, 15) is 9.18 Å². The first kappa shape index (κ1) is 11.0. The van der Waals surface area contributed by atoms with Gasteiger partial charge in [0.1, 0.15) is 5.82 Å². The van der Waals surface area contributed by atoms with E-state index in [1.165, 1.54) is 12.1 Å². The van der Waals surface area contributed by atoms with E-state index in [1.54, 1.807) is 16.8 Å². The van der Waals surface area contributed by atoms with E-state index >= 15 is 0 Å². The predicted octanol–water partition coefficient (Wildman–Crippen LogP) is 2.20. The number of hydrogen-bond acceptors (Lipinski definition) is 2. The molecule has 18 heavy (non-hydrogen) atoms. The number of rotatable bonds is 2. The highest BCUT2D eigenvalue weighted by molar-refractivity contribution is 5.87. The Morgan fingerprint density at radius 2 is 2.00 bits per heavy atom. The molecule has 5 heteroatoms. The number of aromatic nitrogens is 2. The van der Waals surface area contributed by atoms with E-state index < -0.39 is 5.97 Å². The Kier molecular flexibility index (Phi) is 2.40. The maximum absolute atomic E-state index is 12.9. The zero-order chi connectivity index (χ0) is 12.7. The number of carboxylic acid groups (broad SMARTS) is 1. The fourth-order valence-corrected chi connectivity index (χ4v) is 2.41. The molecule has 0 radical (unpaired) electrons. The topological polar surface area (TPSA) is 55.1 Å². The Morgan fingerprint density at radius 1 is 1.28 bits per heavy atom. The van der Waals surface area contributed by atoms with E-state index in [4.69, 9.17) is 5.11 Å². The molecule has 0 aliphatic heterocycles. The van der Waals surface area contributed by atoms with Crippen molar-refractivity contribution in [2.24, 2.45) is 0 Å². The van der Waals surface area contributed by atoms with Gasteiger partial charge in [0.25, 0.3) is 0 Å². The van der Waals surface area contributed by atoms with Crippen molar-refractivity contribution < 1.29 is 14.3 Å². The number of halogens is 1. The maximum atomic E-state index is 12.9. The van der Waals surface area contributed by atoms with Gasteiger partial charge in [-0.2, -0.15) is 5.10 Å². The molecule has 0 atom stereocenters. The fraction of sp³-hybridized carbons (Fsp3) is 0.231. The molecule has 3 rings (SSSR count). The minimum absolute atomic E-state index is 0.117. The van der Waals surface area contributed by atoms with Gasteiger partial charge in [-0.1, -0.05) is 0 Å². The Balaban J connectivity index is 2.15. The first-order valence-corrected chi connectivity index (χ1v) is 5.77. The van der Waals surface area contributed by atoms with Crippen molar-refractivity contribution in [1.82, 2.24) is 9.78 Å². The summed E-state index contributed by atoms with van der Waals surface area (Å²) in [7, 11) is 0. The van der Waals surface area contributed by atoms with Gasteiger partial charge < -0.3 is 5.11 Å². The molecule has 92 valence electrons. The predicted molar refractivity (Wildman–Crippen MR) is 62.5 cm³/mol. The summed E-state index contributed by atoms with van der Waals surface area (Å²) in [5.74, 6) is -1.32. The Hall–Kier alpha value is -2.17. The van der Waals surface area contributed by atoms with Crippen molar-refractivity contribution in [3.63, 3.8) is 0 Å². The van der Waals surface area contributed by atoms with Crippen molar-refractivity contribution in [3.05, 3.63) is 47.0 Å². The van der Waals surface area contributed by atoms with Gasteiger partial charge >= 0.3 is 5.97 Å². The number of nitrogens with zero attached hydrogens (tertiary/aromatic N) is 2. The first-order chi connectivity index (χ1) is 8.66. The second-order valence-electron chi connectivity index (χ2n) is 4.32. The summed E-state index contributed by atoms with van der Waals surface area (Å²) in [6.45, 7) is 0. The third-order valence-corrected chi connectivity index (χ3v) is 3.20. The second kappa shape index (κ2) is 3.94. The van der Waals surface area contributed by atoms with Crippen LogP contribution in [-0.4, -0.2) is 20.9 Å². The number of carbonyl (C=O) groups is 1. The summed E-state index contributed by atoms with van der Waals surface area (Å²) in [4.78, 5) is 11.1. The van der Waals surface area contributed by atoms with Crippen LogP contribution in [-0.2, 0) is 12.8 Å². The smallest absolute Gasteiger partial charge is 0.356 e. The van der Waals surface area contributed by atoms with E-state index in [1.807, 2.05) is 0 Å². The number of aromatic carboxylic acids is 1. The van der Waals surface area contributed by atoms with Gasteiger partial charge in [0.2, 0.25) is 0 Å². The molecule has 0 unspecified atom stereocenters. The molecule has 1 aliphatic rings. The van der Waals surface area contributed by atoms with Crippen molar-refractivity contribution in [2.45, 2.75) is 19.3 Å². The van der Waals surface area contributed by atoms with Crippen LogP contribution in [0.25, 0.3) is 5.69 Å². The maximum Gasteiger partial charge on any atom is 0.356 e. The van der Waals surface area contributed by atoms with Crippen LogP contribution in [0.1, 0.15) is 28.2 Å². The summed E-state index contributed by atoms with van der Waals surface area (Å²) in [5, 5.41) is 13.2. The van der Waals surface area contributed by atoms with E-state index in [0.29, 0.717) is 5.69 Å². The number of benzene rings is 1. The van der Waals surface area contributed by atoms with Crippen LogP contribution in [0, 0.1) is 5.82 Å².